The number of carbonyl (C=O) groups excluding carboxylic acids is 1. The molecule has 0 saturated heterocycles. The van der Waals surface area contributed by atoms with Gasteiger partial charge < -0.3 is 20.1 Å². The van der Waals surface area contributed by atoms with E-state index in [0.717, 1.165) is 0 Å². The van der Waals surface area contributed by atoms with Gasteiger partial charge in [-0.15, -0.1) is 0 Å². The van der Waals surface area contributed by atoms with Gasteiger partial charge in [-0.25, -0.2) is 14.4 Å². The third-order valence-corrected chi connectivity index (χ3v) is 3.66. The summed E-state index contributed by atoms with van der Waals surface area (Å²) in [5, 5.41) is 5.67. The van der Waals surface area contributed by atoms with Gasteiger partial charge in [0.25, 0.3) is 5.91 Å². The molecule has 0 aliphatic carbocycles. The summed E-state index contributed by atoms with van der Waals surface area (Å²) >= 11 is 0. The maximum Gasteiger partial charge on any atom is 0.258 e. The second-order valence-corrected chi connectivity index (χ2v) is 5.45. The summed E-state index contributed by atoms with van der Waals surface area (Å²) in [6.45, 7) is 0. The van der Waals surface area contributed by atoms with Crippen molar-refractivity contribution in [3.8, 4) is 11.5 Å². The maximum atomic E-state index is 12.9. The molecule has 138 valence electrons. The van der Waals surface area contributed by atoms with E-state index in [1.807, 2.05) is 0 Å². The minimum Gasteiger partial charge on any atom is -0.493 e. The largest absolute Gasteiger partial charge is 0.493 e. The predicted molar refractivity (Wildman–Crippen MR) is 99.2 cm³/mol. The fraction of sp³-hybridized carbons (Fsp3) is 0.105. The van der Waals surface area contributed by atoms with Crippen molar-refractivity contribution in [1.82, 2.24) is 9.97 Å². The molecule has 0 fully saturated rings. The third-order valence-electron chi connectivity index (χ3n) is 3.66. The van der Waals surface area contributed by atoms with E-state index in [-0.39, 0.29) is 17.3 Å². The first kappa shape index (κ1) is 18.1. The summed E-state index contributed by atoms with van der Waals surface area (Å²) in [6, 6.07) is 10.8. The average molecular weight is 368 g/mol. The molecule has 2 aromatic carbocycles. The van der Waals surface area contributed by atoms with Gasteiger partial charge in [0.05, 0.1) is 19.8 Å². The van der Waals surface area contributed by atoms with Crippen molar-refractivity contribution in [1.29, 1.82) is 0 Å². The fourth-order valence-corrected chi connectivity index (χ4v) is 2.29. The van der Waals surface area contributed by atoms with Crippen molar-refractivity contribution < 1.29 is 18.7 Å². The quantitative estimate of drug-likeness (QED) is 0.691. The van der Waals surface area contributed by atoms with Gasteiger partial charge in [0, 0.05) is 29.8 Å². The Morgan fingerprint density at radius 3 is 2.19 bits per heavy atom. The molecule has 0 aliphatic rings. The number of hydrogen-bond acceptors (Lipinski definition) is 6. The van der Waals surface area contributed by atoms with E-state index in [1.54, 1.807) is 32.4 Å². The van der Waals surface area contributed by atoms with Crippen molar-refractivity contribution in [2.45, 2.75) is 0 Å². The maximum absolute atomic E-state index is 12.9. The van der Waals surface area contributed by atoms with Crippen LogP contribution in [-0.2, 0) is 0 Å². The van der Waals surface area contributed by atoms with Gasteiger partial charge in [-0.3, -0.25) is 4.79 Å². The average Bonchev–Trinajstić information content (AvgIpc) is 2.70. The normalized spacial score (nSPS) is 10.2. The number of nitrogens with zero attached hydrogens (tertiary/aromatic N) is 2. The molecule has 0 atom stereocenters. The molecule has 0 saturated carbocycles. The SMILES string of the molecule is COc1ccc(Nc2ncc(C(=O)Nc3ccc(F)cc3)cn2)cc1OC. The van der Waals surface area contributed by atoms with E-state index in [4.69, 9.17) is 9.47 Å². The Kier molecular flexibility index (Phi) is 5.46. The van der Waals surface area contributed by atoms with E-state index < -0.39 is 0 Å². The van der Waals surface area contributed by atoms with Crippen molar-refractivity contribution >= 4 is 23.2 Å². The summed E-state index contributed by atoms with van der Waals surface area (Å²) in [5.41, 5.74) is 1.46. The zero-order chi connectivity index (χ0) is 19.2. The lowest BCUT2D eigenvalue weighted by Crippen LogP contribution is -2.13. The second-order valence-electron chi connectivity index (χ2n) is 5.45. The number of amides is 1. The highest BCUT2D eigenvalue weighted by atomic mass is 19.1. The molecular formula is C19H17FN4O3. The number of carbonyl (C=O) groups is 1. The number of methoxy groups -OCH3 is 2. The smallest absolute Gasteiger partial charge is 0.258 e. The lowest BCUT2D eigenvalue weighted by Gasteiger charge is -2.10. The Balaban J connectivity index is 1.68. The van der Waals surface area contributed by atoms with Crippen LogP contribution in [0, 0.1) is 5.82 Å². The van der Waals surface area contributed by atoms with Gasteiger partial charge in [-0.05, 0) is 36.4 Å². The van der Waals surface area contributed by atoms with Crippen LogP contribution in [0.1, 0.15) is 10.4 Å². The monoisotopic (exact) mass is 368 g/mol. The van der Waals surface area contributed by atoms with E-state index in [1.165, 1.54) is 36.7 Å². The van der Waals surface area contributed by atoms with E-state index >= 15 is 0 Å². The van der Waals surface area contributed by atoms with Crippen molar-refractivity contribution in [3.05, 3.63) is 66.2 Å². The lowest BCUT2D eigenvalue weighted by atomic mass is 10.2. The molecule has 3 rings (SSSR count). The van der Waals surface area contributed by atoms with Crippen LogP contribution in [-0.4, -0.2) is 30.1 Å². The van der Waals surface area contributed by atoms with E-state index in [0.29, 0.717) is 28.8 Å². The molecule has 2 N–H and O–H groups in total. The summed E-state index contributed by atoms with van der Waals surface area (Å²) in [6.07, 6.45) is 2.80. The first-order valence-electron chi connectivity index (χ1n) is 7.97. The molecule has 3 aromatic rings. The van der Waals surface area contributed by atoms with Crippen molar-refractivity contribution in [2.24, 2.45) is 0 Å². The van der Waals surface area contributed by atoms with E-state index in [9.17, 15) is 9.18 Å². The Bertz CT molecular complexity index is 931. The Labute approximate surface area is 155 Å². The van der Waals surface area contributed by atoms with Gasteiger partial charge >= 0.3 is 0 Å². The second kappa shape index (κ2) is 8.13. The Morgan fingerprint density at radius 2 is 1.56 bits per heavy atom. The zero-order valence-corrected chi connectivity index (χ0v) is 14.7. The first-order valence-corrected chi connectivity index (χ1v) is 7.97. The van der Waals surface area contributed by atoms with Crippen LogP contribution in [0.25, 0.3) is 0 Å². The minimum atomic E-state index is -0.390. The highest BCUT2D eigenvalue weighted by molar-refractivity contribution is 6.03. The van der Waals surface area contributed by atoms with Gasteiger partial charge in [0.2, 0.25) is 5.95 Å². The summed E-state index contributed by atoms with van der Waals surface area (Å²) in [5.74, 6) is 0.733. The number of ether oxygens (including phenoxy) is 2. The van der Waals surface area contributed by atoms with E-state index in [2.05, 4.69) is 20.6 Å². The zero-order valence-electron chi connectivity index (χ0n) is 14.7. The highest BCUT2D eigenvalue weighted by Gasteiger charge is 2.09. The molecule has 1 aromatic heterocycles. The highest BCUT2D eigenvalue weighted by Crippen LogP contribution is 2.30. The van der Waals surface area contributed by atoms with Gasteiger partial charge in [0.1, 0.15) is 5.82 Å². The van der Waals surface area contributed by atoms with Crippen LogP contribution in [0.4, 0.5) is 21.7 Å². The van der Waals surface area contributed by atoms with Crippen molar-refractivity contribution in [3.63, 3.8) is 0 Å². The minimum absolute atomic E-state index is 0.275. The van der Waals surface area contributed by atoms with Crippen LogP contribution < -0.4 is 20.1 Å². The fourth-order valence-electron chi connectivity index (χ4n) is 2.29. The Morgan fingerprint density at radius 1 is 0.926 bits per heavy atom. The number of halogens is 1. The van der Waals surface area contributed by atoms with Gasteiger partial charge in [0.15, 0.2) is 11.5 Å². The molecule has 0 unspecified atom stereocenters. The molecular weight excluding hydrogens is 351 g/mol. The van der Waals surface area contributed by atoms with Crippen LogP contribution >= 0.6 is 0 Å². The molecule has 8 heteroatoms. The molecule has 1 amide bonds. The number of benzene rings is 2. The van der Waals surface area contributed by atoms with Crippen molar-refractivity contribution in [2.75, 3.05) is 24.9 Å². The van der Waals surface area contributed by atoms with Crippen LogP contribution in [0.2, 0.25) is 0 Å². The molecule has 0 spiro atoms. The molecule has 1 heterocycles. The molecule has 27 heavy (non-hydrogen) atoms. The van der Waals surface area contributed by atoms with Gasteiger partial charge in [-0.2, -0.15) is 0 Å². The third kappa shape index (κ3) is 4.49. The molecule has 0 bridgehead atoms. The number of rotatable bonds is 6. The number of nitrogens with one attached hydrogen (secondary N) is 2. The van der Waals surface area contributed by atoms with Gasteiger partial charge in [-0.1, -0.05) is 0 Å². The lowest BCUT2D eigenvalue weighted by molar-refractivity contribution is 0.102. The number of aromatic nitrogens is 2. The molecule has 0 radical (unpaired) electrons. The summed E-state index contributed by atoms with van der Waals surface area (Å²) < 4.78 is 23.3. The summed E-state index contributed by atoms with van der Waals surface area (Å²) in [7, 11) is 3.11. The summed E-state index contributed by atoms with van der Waals surface area (Å²) in [4.78, 5) is 20.5. The standard InChI is InChI=1S/C19H17FN4O3/c1-26-16-8-7-15(9-17(16)27-2)24-19-21-10-12(11-22-19)18(25)23-14-5-3-13(20)4-6-14/h3-11H,1-2H3,(H,23,25)(H,21,22,24). The predicted octanol–water partition coefficient (Wildman–Crippen LogP) is 3.63. The first-order chi connectivity index (χ1) is 13.1. The Hall–Kier alpha value is -3.68. The van der Waals surface area contributed by atoms with Crippen LogP contribution in [0.3, 0.4) is 0 Å². The van der Waals surface area contributed by atoms with Crippen LogP contribution in [0.15, 0.2) is 54.9 Å². The molecule has 7 nitrogen and oxygen atoms in total. The number of anilines is 3. The topological polar surface area (TPSA) is 85.4 Å². The van der Waals surface area contributed by atoms with Crippen LogP contribution in [0.5, 0.6) is 11.5 Å². The number of hydrogen-bond donors (Lipinski definition) is 2. The molecule has 0 aliphatic heterocycles.